The Morgan fingerprint density at radius 1 is 1.53 bits per heavy atom. The number of hydrogen-bond acceptors (Lipinski definition) is 4. The number of aliphatic carboxylic acids is 1. The summed E-state index contributed by atoms with van der Waals surface area (Å²) in [6.45, 7) is 0.150. The molecule has 1 rings (SSSR count). The summed E-state index contributed by atoms with van der Waals surface area (Å²) < 4.78 is 29.0. The van der Waals surface area contributed by atoms with Crippen LogP contribution in [-0.2, 0) is 19.6 Å². The van der Waals surface area contributed by atoms with Crippen LogP contribution in [0.25, 0.3) is 0 Å². The highest BCUT2D eigenvalue weighted by molar-refractivity contribution is 7.89. The van der Waals surface area contributed by atoms with Crippen LogP contribution in [0.1, 0.15) is 12.8 Å². The molecule has 0 amide bonds. The number of nitrogens with zero attached hydrogens (tertiary/aromatic N) is 1. The number of sulfonamides is 1. The molecule has 0 aromatic heterocycles. The molecule has 0 aliphatic carbocycles. The van der Waals surface area contributed by atoms with Crippen LogP contribution in [0, 0.1) is 0 Å². The third kappa shape index (κ3) is 2.90. The van der Waals surface area contributed by atoms with E-state index in [0.29, 0.717) is 12.8 Å². The minimum atomic E-state index is -3.42. The zero-order valence-electron chi connectivity index (χ0n) is 8.55. The molecule has 0 saturated carbocycles. The van der Waals surface area contributed by atoms with E-state index in [1.807, 2.05) is 0 Å². The summed E-state index contributed by atoms with van der Waals surface area (Å²) in [5.74, 6) is -1.14. The number of ether oxygens (including phenoxy) is 1. The molecule has 1 aliphatic rings. The summed E-state index contributed by atoms with van der Waals surface area (Å²) >= 11 is 0. The molecule has 0 aromatic rings. The van der Waals surface area contributed by atoms with Crippen molar-refractivity contribution in [1.82, 2.24) is 4.31 Å². The van der Waals surface area contributed by atoms with Crippen molar-refractivity contribution in [2.24, 2.45) is 0 Å². The molecule has 1 atom stereocenters. The highest BCUT2D eigenvalue weighted by atomic mass is 32.2. The largest absolute Gasteiger partial charge is 0.480 e. The first-order valence-electron chi connectivity index (χ1n) is 4.70. The molecule has 1 unspecified atom stereocenters. The monoisotopic (exact) mass is 237 g/mol. The van der Waals surface area contributed by atoms with Crippen LogP contribution in [0.5, 0.6) is 0 Å². The predicted molar refractivity (Wildman–Crippen MR) is 53.0 cm³/mol. The molecule has 0 aromatic carbocycles. The van der Waals surface area contributed by atoms with Crippen molar-refractivity contribution in [3.8, 4) is 0 Å². The van der Waals surface area contributed by atoms with Gasteiger partial charge in [-0.3, -0.25) is 4.79 Å². The third-order valence-corrected chi connectivity index (χ3v) is 4.30. The van der Waals surface area contributed by atoms with E-state index in [9.17, 15) is 13.2 Å². The van der Waals surface area contributed by atoms with Gasteiger partial charge in [0, 0.05) is 13.7 Å². The van der Waals surface area contributed by atoms with Gasteiger partial charge in [0.1, 0.15) is 6.04 Å². The van der Waals surface area contributed by atoms with Gasteiger partial charge in [0.2, 0.25) is 10.0 Å². The van der Waals surface area contributed by atoms with E-state index < -0.39 is 22.0 Å². The highest BCUT2D eigenvalue weighted by Crippen LogP contribution is 2.17. The Bertz CT molecular complexity index is 326. The minimum absolute atomic E-state index is 0.0283. The van der Waals surface area contributed by atoms with Gasteiger partial charge in [0.25, 0.3) is 0 Å². The highest BCUT2D eigenvalue weighted by Gasteiger charge is 2.36. The second kappa shape index (κ2) is 4.91. The first kappa shape index (κ1) is 12.4. The zero-order chi connectivity index (χ0) is 11.5. The Morgan fingerprint density at radius 2 is 2.20 bits per heavy atom. The average Bonchev–Trinajstić information content (AvgIpc) is 2.14. The smallest absolute Gasteiger partial charge is 0.324 e. The first-order chi connectivity index (χ1) is 6.99. The van der Waals surface area contributed by atoms with E-state index in [1.165, 1.54) is 7.11 Å². The zero-order valence-corrected chi connectivity index (χ0v) is 9.37. The number of carbonyl (C=O) groups is 1. The molecule has 0 bridgehead atoms. The Morgan fingerprint density at radius 3 is 2.67 bits per heavy atom. The van der Waals surface area contributed by atoms with Crippen molar-refractivity contribution in [3.63, 3.8) is 0 Å². The van der Waals surface area contributed by atoms with Gasteiger partial charge in [-0.2, -0.15) is 4.31 Å². The van der Waals surface area contributed by atoms with E-state index in [0.717, 1.165) is 4.31 Å². The fourth-order valence-electron chi connectivity index (χ4n) is 1.59. The van der Waals surface area contributed by atoms with Gasteiger partial charge in [-0.05, 0) is 12.8 Å². The second-order valence-electron chi connectivity index (χ2n) is 3.44. The fraction of sp³-hybridized carbons (Fsp3) is 0.875. The number of methoxy groups -OCH3 is 1. The lowest BCUT2D eigenvalue weighted by Crippen LogP contribution is -2.50. The molecule has 0 radical (unpaired) electrons. The van der Waals surface area contributed by atoms with Gasteiger partial charge in [-0.25, -0.2) is 8.42 Å². The van der Waals surface area contributed by atoms with E-state index in [1.54, 1.807) is 0 Å². The first-order valence-corrected chi connectivity index (χ1v) is 6.31. The molecule has 88 valence electrons. The summed E-state index contributed by atoms with van der Waals surface area (Å²) in [4.78, 5) is 10.9. The minimum Gasteiger partial charge on any atom is -0.480 e. The third-order valence-electron chi connectivity index (χ3n) is 2.35. The van der Waals surface area contributed by atoms with Crippen molar-refractivity contribution < 1.29 is 23.1 Å². The molecular formula is C8H15NO5S. The predicted octanol–water partition coefficient (Wildman–Crippen LogP) is -0.488. The van der Waals surface area contributed by atoms with E-state index in [4.69, 9.17) is 9.84 Å². The van der Waals surface area contributed by atoms with Gasteiger partial charge in [-0.1, -0.05) is 0 Å². The lowest BCUT2D eigenvalue weighted by molar-refractivity contribution is -0.143. The standard InChI is InChI=1S/C8H15NO5S/c1-14-6-7(8(10)11)9-4-2-3-5-15(9,12)13/h7H,2-6H2,1H3,(H,10,11). The van der Waals surface area contributed by atoms with Gasteiger partial charge < -0.3 is 9.84 Å². The fourth-order valence-corrected chi connectivity index (χ4v) is 3.34. The van der Waals surface area contributed by atoms with Gasteiger partial charge in [-0.15, -0.1) is 0 Å². The maximum atomic E-state index is 11.6. The van der Waals surface area contributed by atoms with Crippen LogP contribution in [-0.4, -0.2) is 55.9 Å². The molecule has 15 heavy (non-hydrogen) atoms. The van der Waals surface area contributed by atoms with E-state index >= 15 is 0 Å². The van der Waals surface area contributed by atoms with Crippen LogP contribution in [0.3, 0.4) is 0 Å². The number of hydrogen-bond donors (Lipinski definition) is 1. The van der Waals surface area contributed by atoms with Gasteiger partial charge in [0.15, 0.2) is 0 Å². The van der Waals surface area contributed by atoms with Crippen molar-refractivity contribution in [3.05, 3.63) is 0 Å². The summed E-state index contributed by atoms with van der Waals surface area (Å²) in [7, 11) is -2.06. The number of rotatable bonds is 4. The maximum absolute atomic E-state index is 11.6. The molecular weight excluding hydrogens is 222 g/mol. The average molecular weight is 237 g/mol. The molecule has 6 nitrogen and oxygen atoms in total. The van der Waals surface area contributed by atoms with Gasteiger partial charge in [0.05, 0.1) is 12.4 Å². The van der Waals surface area contributed by atoms with Crippen molar-refractivity contribution in [1.29, 1.82) is 0 Å². The molecule has 1 heterocycles. The van der Waals surface area contributed by atoms with Gasteiger partial charge >= 0.3 is 5.97 Å². The Hall–Kier alpha value is -0.660. The Kier molecular flexibility index (Phi) is 4.06. The summed E-state index contributed by atoms with van der Waals surface area (Å²) in [6, 6.07) is -1.10. The molecule has 7 heteroatoms. The molecule has 0 spiro atoms. The summed E-state index contributed by atoms with van der Waals surface area (Å²) in [5, 5.41) is 8.90. The quantitative estimate of drug-likeness (QED) is 0.713. The molecule has 1 saturated heterocycles. The van der Waals surface area contributed by atoms with Crippen LogP contribution in [0.4, 0.5) is 0 Å². The summed E-state index contributed by atoms with van der Waals surface area (Å²) in [6.07, 6.45) is 1.30. The van der Waals surface area contributed by atoms with Crippen LogP contribution in [0.2, 0.25) is 0 Å². The van der Waals surface area contributed by atoms with Crippen LogP contribution >= 0.6 is 0 Å². The Balaban J connectivity index is 2.86. The van der Waals surface area contributed by atoms with Crippen LogP contribution < -0.4 is 0 Å². The van der Waals surface area contributed by atoms with E-state index in [2.05, 4.69) is 0 Å². The van der Waals surface area contributed by atoms with Crippen molar-refractivity contribution in [2.75, 3.05) is 26.0 Å². The van der Waals surface area contributed by atoms with Crippen molar-refractivity contribution >= 4 is 16.0 Å². The Labute approximate surface area is 88.9 Å². The van der Waals surface area contributed by atoms with Crippen molar-refractivity contribution in [2.45, 2.75) is 18.9 Å². The molecule has 1 fully saturated rings. The normalized spacial score (nSPS) is 23.5. The van der Waals surface area contributed by atoms with Crippen LogP contribution in [0.15, 0.2) is 0 Å². The summed E-state index contributed by atoms with van der Waals surface area (Å²) in [5.41, 5.74) is 0. The maximum Gasteiger partial charge on any atom is 0.324 e. The lowest BCUT2D eigenvalue weighted by Gasteiger charge is -2.30. The molecule has 1 aliphatic heterocycles. The number of carboxylic acid groups (broad SMARTS) is 1. The SMILES string of the molecule is COCC(C(=O)O)N1CCCCS1(=O)=O. The second-order valence-corrected chi connectivity index (χ2v) is 5.48. The lowest BCUT2D eigenvalue weighted by atomic mass is 10.2. The van der Waals surface area contributed by atoms with E-state index in [-0.39, 0.29) is 18.9 Å². The number of carboxylic acids is 1. The topological polar surface area (TPSA) is 83.9 Å². The molecule has 1 N–H and O–H groups in total.